The second-order valence-corrected chi connectivity index (χ2v) is 9.93. The first-order chi connectivity index (χ1) is 19.5. The number of phenols is 2. The van der Waals surface area contributed by atoms with Crippen molar-refractivity contribution in [1.82, 2.24) is 0 Å². The minimum Gasteiger partial charge on any atom is -0.507 e. The largest absolute Gasteiger partial charge is 0.507 e. The zero-order valence-electron chi connectivity index (χ0n) is 22.4. The summed E-state index contributed by atoms with van der Waals surface area (Å²) in [6, 6.07) is 11.5. The molecule has 4 aromatic carbocycles. The third kappa shape index (κ3) is 3.77. The third-order valence-electron chi connectivity index (χ3n) is 7.24. The van der Waals surface area contributed by atoms with Crippen molar-refractivity contribution < 1.29 is 43.6 Å². The van der Waals surface area contributed by atoms with E-state index in [1.807, 2.05) is 0 Å². The molecule has 0 radical (unpaired) electrons. The fraction of sp³-hybridized carbons (Fsp3) is 0.125. The van der Waals surface area contributed by atoms with Crippen LogP contribution in [0.3, 0.4) is 0 Å². The van der Waals surface area contributed by atoms with Crippen LogP contribution in [0.2, 0.25) is 0 Å². The predicted octanol–water partition coefficient (Wildman–Crippen LogP) is 5.07. The molecule has 204 valence electrons. The molecule has 41 heavy (non-hydrogen) atoms. The number of benzene rings is 4. The molecule has 0 aliphatic heterocycles. The quantitative estimate of drug-likeness (QED) is 0.308. The molecule has 9 heteroatoms. The van der Waals surface area contributed by atoms with Crippen LogP contribution in [-0.4, -0.2) is 47.6 Å². The smallest absolute Gasteiger partial charge is 0.201 e. The van der Waals surface area contributed by atoms with E-state index in [1.165, 1.54) is 62.8 Å². The number of carbonyl (C=O) groups excluding carboxylic acids is 4. The van der Waals surface area contributed by atoms with Crippen molar-refractivity contribution in [3.8, 4) is 34.5 Å². The lowest BCUT2D eigenvalue weighted by Gasteiger charge is -2.23. The second-order valence-electron chi connectivity index (χ2n) is 9.93. The van der Waals surface area contributed by atoms with E-state index in [1.54, 1.807) is 13.8 Å². The number of carbonyl (C=O) groups is 4. The molecule has 0 spiro atoms. The van der Waals surface area contributed by atoms with Crippen LogP contribution in [0.25, 0.3) is 0 Å². The van der Waals surface area contributed by atoms with E-state index in [4.69, 9.17) is 14.2 Å². The van der Waals surface area contributed by atoms with Crippen LogP contribution in [0.15, 0.2) is 48.5 Å². The number of hydrogen-bond donors (Lipinski definition) is 2. The van der Waals surface area contributed by atoms with Crippen molar-refractivity contribution in [1.29, 1.82) is 0 Å². The molecule has 0 saturated heterocycles. The summed E-state index contributed by atoms with van der Waals surface area (Å²) >= 11 is 0. The molecule has 0 amide bonds. The Kier molecular flexibility index (Phi) is 5.70. The summed E-state index contributed by atoms with van der Waals surface area (Å²) in [5, 5.41) is 20.9. The van der Waals surface area contributed by atoms with Gasteiger partial charge in [0.1, 0.15) is 34.5 Å². The SMILES string of the molecule is COc1cc(Oc2cc(OC)c3c(c2)C(=O)c2cc(C)cc(O)c2C3=O)cc2c1C(=O)c1c(O)cc(C)cc1C2=O. The highest BCUT2D eigenvalue weighted by atomic mass is 16.5. The highest BCUT2D eigenvalue weighted by Crippen LogP contribution is 2.43. The molecular weight excluding hydrogens is 528 g/mol. The Bertz CT molecular complexity index is 1760. The zero-order valence-corrected chi connectivity index (χ0v) is 22.4. The third-order valence-corrected chi connectivity index (χ3v) is 7.24. The Morgan fingerprint density at radius 2 is 0.854 bits per heavy atom. The summed E-state index contributed by atoms with van der Waals surface area (Å²) in [6.45, 7) is 3.40. The van der Waals surface area contributed by atoms with Gasteiger partial charge < -0.3 is 24.4 Å². The van der Waals surface area contributed by atoms with Crippen molar-refractivity contribution in [3.05, 3.63) is 104 Å². The number of aromatic hydroxyl groups is 2. The number of aryl methyl sites for hydroxylation is 2. The normalized spacial score (nSPS) is 13.3. The van der Waals surface area contributed by atoms with E-state index < -0.39 is 23.1 Å². The zero-order chi connectivity index (χ0) is 29.3. The molecule has 0 fully saturated rings. The van der Waals surface area contributed by atoms with Crippen molar-refractivity contribution in [2.75, 3.05) is 14.2 Å². The van der Waals surface area contributed by atoms with Crippen LogP contribution in [0.1, 0.15) is 74.8 Å². The first-order valence-electron chi connectivity index (χ1n) is 12.5. The van der Waals surface area contributed by atoms with Gasteiger partial charge in [0.15, 0.2) is 11.6 Å². The predicted molar refractivity (Wildman–Crippen MR) is 145 cm³/mol. The summed E-state index contributed by atoms with van der Waals surface area (Å²) in [5.74, 6) is -2.36. The minimum absolute atomic E-state index is 0.00733. The van der Waals surface area contributed by atoms with Gasteiger partial charge in [0.2, 0.25) is 11.6 Å². The van der Waals surface area contributed by atoms with Crippen molar-refractivity contribution in [3.63, 3.8) is 0 Å². The first-order valence-corrected chi connectivity index (χ1v) is 12.5. The number of hydrogen-bond acceptors (Lipinski definition) is 9. The summed E-state index contributed by atoms with van der Waals surface area (Å²) < 4.78 is 16.9. The van der Waals surface area contributed by atoms with Gasteiger partial charge in [-0.15, -0.1) is 0 Å². The molecule has 0 unspecified atom stereocenters. The number of ether oxygens (including phenoxy) is 3. The lowest BCUT2D eigenvalue weighted by atomic mass is 9.82. The molecule has 0 aromatic heterocycles. The summed E-state index contributed by atoms with van der Waals surface area (Å²) in [5.41, 5.74) is 1.20. The van der Waals surface area contributed by atoms with Gasteiger partial charge in [-0.2, -0.15) is 0 Å². The lowest BCUT2D eigenvalue weighted by Crippen LogP contribution is -2.22. The first kappa shape index (κ1) is 25.8. The molecule has 2 aliphatic rings. The van der Waals surface area contributed by atoms with E-state index in [2.05, 4.69) is 0 Å². The van der Waals surface area contributed by atoms with E-state index in [9.17, 15) is 29.4 Å². The van der Waals surface area contributed by atoms with Crippen LogP contribution in [-0.2, 0) is 0 Å². The van der Waals surface area contributed by atoms with E-state index in [-0.39, 0.29) is 79.0 Å². The van der Waals surface area contributed by atoms with Crippen LogP contribution in [0.4, 0.5) is 0 Å². The van der Waals surface area contributed by atoms with Gasteiger partial charge in [-0.1, -0.05) is 0 Å². The Morgan fingerprint density at radius 3 is 1.22 bits per heavy atom. The number of fused-ring (bicyclic) bond motifs is 4. The summed E-state index contributed by atoms with van der Waals surface area (Å²) in [4.78, 5) is 53.7. The van der Waals surface area contributed by atoms with Gasteiger partial charge in [-0.3, -0.25) is 19.2 Å². The van der Waals surface area contributed by atoms with Crippen LogP contribution < -0.4 is 14.2 Å². The van der Waals surface area contributed by atoms with Crippen LogP contribution in [0, 0.1) is 13.8 Å². The van der Waals surface area contributed by atoms with E-state index in [0.29, 0.717) is 11.1 Å². The Labute approximate surface area is 233 Å². The average molecular weight is 551 g/mol. The summed E-state index contributed by atoms with van der Waals surface area (Å²) in [6.07, 6.45) is 0. The van der Waals surface area contributed by atoms with Crippen LogP contribution in [0.5, 0.6) is 34.5 Å². The Hall–Kier alpha value is -5.44. The molecule has 4 aromatic rings. The second kappa shape index (κ2) is 9.06. The standard InChI is InChI=1S/C32H22O9/c1-13-5-17-25(21(33)7-13)31(37)27-19(29(17)35)9-15(11-23(27)39-3)41-16-10-20-28(24(12-16)40-4)32(38)26-18(30(20)36)6-14(2)8-22(26)34/h5-12,33-34H,1-4H3. The van der Waals surface area contributed by atoms with E-state index in [0.717, 1.165) is 0 Å². The average Bonchev–Trinajstić information content (AvgIpc) is 2.92. The van der Waals surface area contributed by atoms with Crippen molar-refractivity contribution in [2.45, 2.75) is 13.8 Å². The minimum atomic E-state index is -0.563. The maximum atomic E-state index is 13.5. The van der Waals surface area contributed by atoms with Crippen molar-refractivity contribution >= 4 is 23.1 Å². The van der Waals surface area contributed by atoms with E-state index >= 15 is 0 Å². The molecule has 0 bridgehead atoms. The number of ketones is 4. The molecule has 2 aliphatic carbocycles. The number of phenolic OH excluding ortho intramolecular Hbond substituents is 2. The van der Waals surface area contributed by atoms with Crippen LogP contribution >= 0.6 is 0 Å². The maximum absolute atomic E-state index is 13.5. The van der Waals surface area contributed by atoms with Gasteiger partial charge in [-0.05, 0) is 61.4 Å². The Balaban J connectivity index is 1.46. The molecular formula is C32H22O9. The van der Waals surface area contributed by atoms with Gasteiger partial charge in [0.05, 0.1) is 36.5 Å². The number of methoxy groups -OCH3 is 2. The van der Waals surface area contributed by atoms with Crippen molar-refractivity contribution in [2.24, 2.45) is 0 Å². The molecule has 0 heterocycles. The highest BCUT2D eigenvalue weighted by Gasteiger charge is 2.37. The van der Waals surface area contributed by atoms with Gasteiger partial charge in [-0.25, -0.2) is 0 Å². The molecule has 9 nitrogen and oxygen atoms in total. The Morgan fingerprint density at radius 1 is 0.488 bits per heavy atom. The number of rotatable bonds is 4. The van der Waals surface area contributed by atoms with Gasteiger partial charge >= 0.3 is 0 Å². The molecule has 2 N–H and O–H groups in total. The lowest BCUT2D eigenvalue weighted by molar-refractivity contribution is 0.0973. The van der Waals surface area contributed by atoms with Gasteiger partial charge in [0, 0.05) is 34.4 Å². The molecule has 0 saturated carbocycles. The molecule has 0 atom stereocenters. The monoisotopic (exact) mass is 550 g/mol. The van der Waals surface area contributed by atoms with Gasteiger partial charge in [0.25, 0.3) is 0 Å². The topological polar surface area (TPSA) is 136 Å². The fourth-order valence-electron chi connectivity index (χ4n) is 5.49. The molecule has 6 rings (SSSR count). The highest BCUT2D eigenvalue weighted by molar-refractivity contribution is 6.31. The maximum Gasteiger partial charge on any atom is 0.201 e. The summed E-state index contributed by atoms with van der Waals surface area (Å²) in [7, 11) is 2.67. The fourth-order valence-corrected chi connectivity index (χ4v) is 5.49.